The Hall–Kier alpha value is -1.07. The van der Waals surface area contributed by atoms with Crippen LogP contribution in [0.5, 0.6) is 0 Å². The van der Waals surface area contributed by atoms with Gasteiger partial charge in [-0.2, -0.15) is 0 Å². The van der Waals surface area contributed by atoms with E-state index in [-0.39, 0.29) is 10.8 Å². The fourth-order valence-electron chi connectivity index (χ4n) is 2.08. The number of hydrogen-bond acceptors (Lipinski definition) is 3. The van der Waals surface area contributed by atoms with E-state index in [1.54, 1.807) is 31.9 Å². The van der Waals surface area contributed by atoms with Crippen molar-refractivity contribution < 1.29 is 13.2 Å². The summed E-state index contributed by atoms with van der Waals surface area (Å²) in [6.45, 7) is 8.27. The lowest BCUT2D eigenvalue weighted by atomic mass is 10.0. The number of aryl methyl sites for hydroxylation is 2. The Labute approximate surface area is 131 Å². The highest BCUT2D eigenvalue weighted by Gasteiger charge is 2.20. The molecule has 6 heteroatoms. The van der Waals surface area contributed by atoms with Crippen molar-refractivity contribution in [1.29, 1.82) is 0 Å². The zero-order valence-corrected chi connectivity index (χ0v) is 14.7. The molecule has 0 aliphatic carbocycles. The smallest absolute Gasteiger partial charge is 0.261 e. The zero-order chi connectivity index (χ0) is 16.4. The molecule has 0 unspecified atom stereocenters. The summed E-state index contributed by atoms with van der Waals surface area (Å²) in [6.07, 6.45) is 0.897. The molecule has 1 aromatic carbocycles. The quantitative estimate of drug-likeness (QED) is 0.777. The van der Waals surface area contributed by atoms with Crippen LogP contribution in [0.1, 0.15) is 41.8 Å². The first kappa shape index (κ1) is 18.0. The van der Waals surface area contributed by atoms with Gasteiger partial charge in [0.05, 0.1) is 4.90 Å². The standard InChI is InChI=1S/C15H22ClNO3S/c1-10(2)6-7-17(5)15(18)13-9-14(21(16,19)20)12(4)8-11(13)3/h8-10H,6-7H2,1-5H3. The van der Waals surface area contributed by atoms with Crippen molar-refractivity contribution in [1.82, 2.24) is 4.90 Å². The van der Waals surface area contributed by atoms with Crippen molar-refractivity contribution in [2.45, 2.75) is 39.0 Å². The summed E-state index contributed by atoms with van der Waals surface area (Å²) < 4.78 is 23.1. The molecule has 0 aliphatic heterocycles. The molecule has 0 fully saturated rings. The average molecular weight is 332 g/mol. The van der Waals surface area contributed by atoms with Crippen LogP contribution in [-0.4, -0.2) is 32.8 Å². The molecule has 0 atom stereocenters. The van der Waals surface area contributed by atoms with E-state index in [1.807, 2.05) is 0 Å². The Kier molecular flexibility index (Phi) is 5.82. The summed E-state index contributed by atoms with van der Waals surface area (Å²) >= 11 is 0. The summed E-state index contributed by atoms with van der Waals surface area (Å²) in [6, 6.07) is 3.06. The van der Waals surface area contributed by atoms with Crippen LogP contribution < -0.4 is 0 Å². The topological polar surface area (TPSA) is 54.5 Å². The second-order valence-corrected chi connectivity index (χ2v) is 8.31. The third-order valence-electron chi connectivity index (χ3n) is 3.40. The van der Waals surface area contributed by atoms with Crippen molar-refractivity contribution in [3.63, 3.8) is 0 Å². The van der Waals surface area contributed by atoms with Crippen molar-refractivity contribution in [3.05, 3.63) is 28.8 Å². The molecular weight excluding hydrogens is 310 g/mol. The third-order valence-corrected chi connectivity index (χ3v) is 4.87. The molecule has 1 amide bonds. The van der Waals surface area contributed by atoms with Crippen LogP contribution in [0.4, 0.5) is 0 Å². The van der Waals surface area contributed by atoms with Crippen LogP contribution in [0.25, 0.3) is 0 Å². The summed E-state index contributed by atoms with van der Waals surface area (Å²) in [5, 5.41) is 0. The fraction of sp³-hybridized carbons (Fsp3) is 0.533. The highest BCUT2D eigenvalue weighted by atomic mass is 35.7. The minimum atomic E-state index is -3.86. The molecule has 0 spiro atoms. The number of nitrogens with zero attached hydrogens (tertiary/aromatic N) is 1. The molecule has 0 radical (unpaired) electrons. The number of amides is 1. The van der Waals surface area contributed by atoms with Gasteiger partial charge in [-0.25, -0.2) is 8.42 Å². The first-order valence-corrected chi connectivity index (χ1v) is 9.16. The van der Waals surface area contributed by atoms with Gasteiger partial charge >= 0.3 is 0 Å². The normalized spacial score (nSPS) is 11.8. The van der Waals surface area contributed by atoms with Gasteiger partial charge in [-0.1, -0.05) is 19.9 Å². The van der Waals surface area contributed by atoms with Crippen LogP contribution in [0, 0.1) is 19.8 Å². The monoisotopic (exact) mass is 331 g/mol. The van der Waals surface area contributed by atoms with Gasteiger partial charge in [0.25, 0.3) is 15.0 Å². The average Bonchev–Trinajstić information content (AvgIpc) is 2.33. The minimum absolute atomic E-state index is 0.00428. The molecule has 0 saturated carbocycles. The highest BCUT2D eigenvalue weighted by Crippen LogP contribution is 2.24. The molecule has 0 aromatic heterocycles. The molecule has 0 aliphatic rings. The number of hydrogen-bond donors (Lipinski definition) is 0. The van der Waals surface area contributed by atoms with Gasteiger partial charge in [0.15, 0.2) is 0 Å². The molecule has 1 aromatic rings. The first-order chi connectivity index (χ1) is 9.54. The molecule has 1 rings (SSSR count). The van der Waals surface area contributed by atoms with Gasteiger partial charge in [-0.05, 0) is 43.4 Å². The molecule has 118 valence electrons. The van der Waals surface area contributed by atoms with Crippen molar-refractivity contribution >= 4 is 25.6 Å². The largest absolute Gasteiger partial charge is 0.342 e. The Morgan fingerprint density at radius 1 is 1.24 bits per heavy atom. The molecule has 4 nitrogen and oxygen atoms in total. The molecule has 0 N–H and O–H groups in total. The van der Waals surface area contributed by atoms with Gasteiger partial charge in [0, 0.05) is 29.8 Å². The minimum Gasteiger partial charge on any atom is -0.342 e. The van der Waals surface area contributed by atoms with Crippen LogP contribution >= 0.6 is 10.7 Å². The predicted molar refractivity (Wildman–Crippen MR) is 85.4 cm³/mol. The van der Waals surface area contributed by atoms with Gasteiger partial charge in [-0.15, -0.1) is 0 Å². The van der Waals surface area contributed by atoms with E-state index in [0.29, 0.717) is 23.6 Å². The van der Waals surface area contributed by atoms with E-state index in [2.05, 4.69) is 13.8 Å². The number of carbonyl (C=O) groups is 1. The van der Waals surface area contributed by atoms with Crippen LogP contribution in [0.3, 0.4) is 0 Å². The fourth-order valence-corrected chi connectivity index (χ4v) is 3.29. The van der Waals surface area contributed by atoms with Gasteiger partial charge in [0.2, 0.25) is 0 Å². The number of rotatable bonds is 5. The lowest BCUT2D eigenvalue weighted by Crippen LogP contribution is -2.29. The van der Waals surface area contributed by atoms with E-state index < -0.39 is 9.05 Å². The van der Waals surface area contributed by atoms with E-state index in [9.17, 15) is 13.2 Å². The van der Waals surface area contributed by atoms with Gasteiger partial charge < -0.3 is 4.90 Å². The van der Waals surface area contributed by atoms with Crippen molar-refractivity contribution in [2.75, 3.05) is 13.6 Å². The van der Waals surface area contributed by atoms with Crippen molar-refractivity contribution in [3.8, 4) is 0 Å². The van der Waals surface area contributed by atoms with Crippen molar-refractivity contribution in [2.24, 2.45) is 5.92 Å². The van der Waals surface area contributed by atoms with E-state index in [0.717, 1.165) is 12.0 Å². The molecule has 21 heavy (non-hydrogen) atoms. The predicted octanol–water partition coefficient (Wildman–Crippen LogP) is 3.35. The molecular formula is C15H22ClNO3S. The Bertz CT molecular complexity index is 639. The summed E-state index contributed by atoms with van der Waals surface area (Å²) in [7, 11) is 3.29. The van der Waals surface area contributed by atoms with Gasteiger partial charge in [-0.3, -0.25) is 4.79 Å². The molecule has 0 bridgehead atoms. The second-order valence-electron chi connectivity index (χ2n) is 5.78. The SMILES string of the molecule is Cc1cc(C)c(S(=O)(=O)Cl)cc1C(=O)N(C)CCC(C)C. The number of benzene rings is 1. The van der Waals surface area contributed by atoms with Crippen LogP contribution in [0.15, 0.2) is 17.0 Å². The lowest BCUT2D eigenvalue weighted by molar-refractivity contribution is 0.0788. The maximum absolute atomic E-state index is 12.5. The Morgan fingerprint density at radius 3 is 2.29 bits per heavy atom. The lowest BCUT2D eigenvalue weighted by Gasteiger charge is -2.20. The first-order valence-electron chi connectivity index (χ1n) is 6.85. The number of halogens is 1. The second kappa shape index (κ2) is 6.79. The Morgan fingerprint density at radius 2 is 1.81 bits per heavy atom. The summed E-state index contributed by atoms with van der Waals surface area (Å²) in [4.78, 5) is 14.1. The van der Waals surface area contributed by atoms with E-state index in [4.69, 9.17) is 10.7 Å². The summed E-state index contributed by atoms with van der Waals surface area (Å²) in [5.41, 5.74) is 1.67. The number of carbonyl (C=O) groups excluding carboxylic acids is 1. The van der Waals surface area contributed by atoms with E-state index >= 15 is 0 Å². The Balaban J connectivity index is 3.16. The molecule has 0 saturated heterocycles. The summed E-state index contributed by atoms with van der Waals surface area (Å²) in [5.74, 6) is 0.313. The maximum atomic E-state index is 12.5. The molecule has 0 heterocycles. The zero-order valence-electron chi connectivity index (χ0n) is 13.1. The maximum Gasteiger partial charge on any atom is 0.261 e. The van der Waals surface area contributed by atoms with Gasteiger partial charge in [0.1, 0.15) is 0 Å². The van der Waals surface area contributed by atoms with E-state index in [1.165, 1.54) is 6.07 Å². The van der Waals surface area contributed by atoms with Crippen LogP contribution in [-0.2, 0) is 9.05 Å². The highest BCUT2D eigenvalue weighted by molar-refractivity contribution is 8.13. The van der Waals surface area contributed by atoms with Crippen LogP contribution in [0.2, 0.25) is 0 Å². The third kappa shape index (κ3) is 4.71.